The van der Waals surface area contributed by atoms with E-state index in [4.69, 9.17) is 4.74 Å². The molecule has 3 N–H and O–H groups in total. The molecule has 110 valence electrons. The Balaban J connectivity index is 1.74. The summed E-state index contributed by atoms with van der Waals surface area (Å²) in [5.41, 5.74) is -0.775. The van der Waals surface area contributed by atoms with Gasteiger partial charge in [-0.15, -0.1) is 0 Å². The van der Waals surface area contributed by atoms with E-state index in [2.05, 4.69) is 5.32 Å². The van der Waals surface area contributed by atoms with E-state index in [1.54, 1.807) is 18.2 Å². The summed E-state index contributed by atoms with van der Waals surface area (Å²) in [5, 5.41) is 22.4. The highest BCUT2D eigenvalue weighted by Crippen LogP contribution is 2.27. The second kappa shape index (κ2) is 6.61. The molecule has 0 aliphatic heterocycles. The molecule has 0 spiro atoms. The Morgan fingerprint density at radius 1 is 1.25 bits per heavy atom. The van der Waals surface area contributed by atoms with Crippen molar-refractivity contribution in [1.82, 2.24) is 5.32 Å². The molecule has 20 heavy (non-hydrogen) atoms. The van der Waals surface area contributed by atoms with E-state index < -0.39 is 5.60 Å². The number of phenolic OH excluding ortho intramolecular Hbond substituents is 1. The van der Waals surface area contributed by atoms with Crippen LogP contribution < -0.4 is 10.1 Å². The molecule has 0 bridgehead atoms. The van der Waals surface area contributed by atoms with E-state index in [1.807, 2.05) is 0 Å². The van der Waals surface area contributed by atoms with Gasteiger partial charge in [0, 0.05) is 6.54 Å². The quantitative estimate of drug-likeness (QED) is 0.764. The normalized spacial score (nSPS) is 17.4. The summed E-state index contributed by atoms with van der Waals surface area (Å²) in [6, 6.07) is 6.49. The number of hydrogen-bond donors (Lipinski definition) is 3. The van der Waals surface area contributed by atoms with Crippen molar-refractivity contribution in [2.75, 3.05) is 13.2 Å². The minimum Gasteiger partial charge on any atom is -0.504 e. The van der Waals surface area contributed by atoms with Crippen LogP contribution in [-0.4, -0.2) is 34.9 Å². The third kappa shape index (κ3) is 4.13. The highest BCUT2D eigenvalue weighted by Gasteiger charge is 2.29. The first-order valence-electron chi connectivity index (χ1n) is 6.99. The Morgan fingerprint density at radius 3 is 2.65 bits per heavy atom. The Bertz CT molecular complexity index is 455. The summed E-state index contributed by atoms with van der Waals surface area (Å²) in [6.45, 7) is 0.0869. The number of para-hydroxylation sites is 2. The molecule has 0 heterocycles. The summed E-state index contributed by atoms with van der Waals surface area (Å²) in [4.78, 5) is 11.7. The fraction of sp³-hybridized carbons (Fsp3) is 0.533. The second-order valence-electron chi connectivity index (χ2n) is 5.32. The third-order valence-corrected chi connectivity index (χ3v) is 3.62. The topological polar surface area (TPSA) is 78.8 Å². The maximum Gasteiger partial charge on any atom is 0.258 e. The van der Waals surface area contributed by atoms with Crippen molar-refractivity contribution in [3.05, 3.63) is 24.3 Å². The first-order chi connectivity index (χ1) is 9.59. The van der Waals surface area contributed by atoms with E-state index in [0.29, 0.717) is 0 Å². The minimum atomic E-state index is -0.775. The number of aromatic hydroxyl groups is 1. The number of carbonyl (C=O) groups is 1. The number of rotatable bonds is 5. The van der Waals surface area contributed by atoms with Crippen molar-refractivity contribution in [1.29, 1.82) is 0 Å². The van der Waals surface area contributed by atoms with Gasteiger partial charge in [-0.3, -0.25) is 4.79 Å². The summed E-state index contributed by atoms with van der Waals surface area (Å²) >= 11 is 0. The Labute approximate surface area is 118 Å². The van der Waals surface area contributed by atoms with E-state index in [9.17, 15) is 15.0 Å². The zero-order valence-corrected chi connectivity index (χ0v) is 11.5. The molecule has 1 aliphatic rings. The molecule has 5 heteroatoms. The zero-order chi connectivity index (χ0) is 14.4. The van der Waals surface area contributed by atoms with Crippen LogP contribution in [-0.2, 0) is 4.79 Å². The van der Waals surface area contributed by atoms with Gasteiger partial charge in [-0.2, -0.15) is 0 Å². The van der Waals surface area contributed by atoms with Crippen molar-refractivity contribution in [2.45, 2.75) is 37.7 Å². The van der Waals surface area contributed by atoms with Crippen LogP contribution in [0.3, 0.4) is 0 Å². The summed E-state index contributed by atoms with van der Waals surface area (Å²) in [5.74, 6) is -0.0162. The van der Waals surface area contributed by atoms with Gasteiger partial charge in [0.05, 0.1) is 5.60 Å². The molecule has 1 fully saturated rings. The van der Waals surface area contributed by atoms with Crippen molar-refractivity contribution < 1.29 is 19.7 Å². The highest BCUT2D eigenvalue weighted by atomic mass is 16.5. The van der Waals surface area contributed by atoms with E-state index in [0.717, 1.165) is 32.1 Å². The van der Waals surface area contributed by atoms with Crippen LogP contribution in [0, 0.1) is 0 Å². The molecule has 0 unspecified atom stereocenters. The van der Waals surface area contributed by atoms with Gasteiger partial charge in [-0.05, 0) is 25.0 Å². The van der Waals surface area contributed by atoms with E-state index in [1.165, 1.54) is 6.07 Å². The number of hydrogen-bond acceptors (Lipinski definition) is 4. The molecule has 0 radical (unpaired) electrons. The zero-order valence-electron chi connectivity index (χ0n) is 11.5. The second-order valence-corrected chi connectivity index (χ2v) is 5.32. The van der Waals surface area contributed by atoms with Crippen LogP contribution in [0.15, 0.2) is 24.3 Å². The number of nitrogens with one attached hydrogen (secondary N) is 1. The van der Waals surface area contributed by atoms with E-state index >= 15 is 0 Å². The standard InChI is InChI=1S/C15H21NO4/c17-12-6-2-3-7-13(12)20-10-14(18)16-11-15(19)8-4-1-5-9-15/h2-3,6-7,17,19H,1,4-5,8-11H2,(H,16,18). The highest BCUT2D eigenvalue weighted by molar-refractivity contribution is 5.77. The molecule has 1 saturated carbocycles. The predicted octanol–water partition coefficient (Wildman–Crippen LogP) is 1.58. The molecule has 1 aromatic rings. The lowest BCUT2D eigenvalue weighted by Gasteiger charge is -2.32. The molecule has 0 saturated heterocycles. The number of benzene rings is 1. The summed E-state index contributed by atoms with van der Waals surface area (Å²) in [6.07, 6.45) is 4.61. The van der Waals surface area contributed by atoms with Crippen LogP contribution in [0.5, 0.6) is 11.5 Å². The first kappa shape index (κ1) is 14.7. The number of ether oxygens (including phenoxy) is 1. The van der Waals surface area contributed by atoms with Crippen LogP contribution in [0.2, 0.25) is 0 Å². The van der Waals surface area contributed by atoms with Crippen LogP contribution in [0.4, 0.5) is 0 Å². The average Bonchev–Trinajstić information content (AvgIpc) is 2.45. The van der Waals surface area contributed by atoms with Gasteiger partial charge in [0.2, 0.25) is 0 Å². The lowest BCUT2D eigenvalue weighted by molar-refractivity contribution is -0.124. The van der Waals surface area contributed by atoms with Crippen molar-refractivity contribution in [2.24, 2.45) is 0 Å². The largest absolute Gasteiger partial charge is 0.504 e. The maximum absolute atomic E-state index is 11.7. The minimum absolute atomic E-state index is 0.00575. The molecule has 2 rings (SSSR count). The van der Waals surface area contributed by atoms with Crippen LogP contribution in [0.1, 0.15) is 32.1 Å². The van der Waals surface area contributed by atoms with E-state index in [-0.39, 0.29) is 30.6 Å². The number of amides is 1. The number of carbonyl (C=O) groups excluding carboxylic acids is 1. The van der Waals surface area contributed by atoms with Gasteiger partial charge >= 0.3 is 0 Å². The Kier molecular flexibility index (Phi) is 4.84. The molecule has 5 nitrogen and oxygen atoms in total. The fourth-order valence-corrected chi connectivity index (χ4v) is 2.42. The average molecular weight is 279 g/mol. The SMILES string of the molecule is O=C(COc1ccccc1O)NCC1(O)CCCCC1. The van der Waals surface area contributed by atoms with Gasteiger partial charge in [0.25, 0.3) is 5.91 Å². The van der Waals surface area contributed by atoms with Crippen molar-refractivity contribution in [3.63, 3.8) is 0 Å². The third-order valence-electron chi connectivity index (χ3n) is 3.62. The van der Waals surface area contributed by atoms with Crippen molar-refractivity contribution in [3.8, 4) is 11.5 Å². The van der Waals surface area contributed by atoms with Crippen LogP contribution >= 0.6 is 0 Å². The lowest BCUT2D eigenvalue weighted by atomic mass is 9.85. The van der Waals surface area contributed by atoms with Gasteiger partial charge in [-0.25, -0.2) is 0 Å². The molecule has 0 atom stereocenters. The molecular weight excluding hydrogens is 258 g/mol. The van der Waals surface area contributed by atoms with Gasteiger partial charge < -0.3 is 20.3 Å². The molecule has 0 aromatic heterocycles. The van der Waals surface area contributed by atoms with Crippen molar-refractivity contribution >= 4 is 5.91 Å². The summed E-state index contributed by atoms with van der Waals surface area (Å²) < 4.78 is 5.23. The smallest absolute Gasteiger partial charge is 0.258 e. The molecule has 1 aromatic carbocycles. The Hall–Kier alpha value is -1.75. The lowest BCUT2D eigenvalue weighted by Crippen LogP contribution is -2.45. The van der Waals surface area contributed by atoms with Gasteiger partial charge in [-0.1, -0.05) is 31.4 Å². The summed E-state index contributed by atoms with van der Waals surface area (Å²) in [7, 11) is 0. The monoisotopic (exact) mass is 279 g/mol. The van der Waals surface area contributed by atoms with Gasteiger partial charge in [0.15, 0.2) is 18.1 Å². The van der Waals surface area contributed by atoms with Crippen LogP contribution in [0.25, 0.3) is 0 Å². The van der Waals surface area contributed by atoms with Gasteiger partial charge in [0.1, 0.15) is 0 Å². The molecule has 1 aliphatic carbocycles. The molecule has 1 amide bonds. The molecular formula is C15H21NO4. The predicted molar refractivity (Wildman–Crippen MR) is 74.6 cm³/mol. The number of aliphatic hydroxyl groups is 1. The maximum atomic E-state index is 11.7. The fourth-order valence-electron chi connectivity index (χ4n) is 2.42. The number of phenols is 1. The first-order valence-corrected chi connectivity index (χ1v) is 6.99. The Morgan fingerprint density at radius 2 is 1.95 bits per heavy atom.